The Kier molecular flexibility index (Phi) is 3.92. The first-order chi connectivity index (χ1) is 9.83. The number of nitrogens with one attached hydrogen (secondary N) is 1. The van der Waals surface area contributed by atoms with Crippen LogP contribution >= 0.6 is 0 Å². The van der Waals surface area contributed by atoms with Crippen LogP contribution in [-0.4, -0.2) is 39.5 Å². The molecule has 1 aromatic heterocycles. The van der Waals surface area contributed by atoms with Gasteiger partial charge in [-0.1, -0.05) is 6.07 Å². The molecule has 0 bridgehead atoms. The highest BCUT2D eigenvalue weighted by atomic mass is 16.5. The van der Waals surface area contributed by atoms with Crippen molar-refractivity contribution >= 4 is 5.69 Å². The van der Waals surface area contributed by atoms with Crippen LogP contribution in [0.3, 0.4) is 0 Å². The molecule has 0 spiro atoms. The number of hydrogen-bond donors (Lipinski definition) is 1. The molecule has 0 saturated carbocycles. The van der Waals surface area contributed by atoms with E-state index in [2.05, 4.69) is 39.9 Å². The quantitative estimate of drug-likeness (QED) is 0.926. The van der Waals surface area contributed by atoms with Gasteiger partial charge in [-0.05, 0) is 54.3 Å². The molecule has 1 fully saturated rings. The molecule has 1 saturated heterocycles. The van der Waals surface area contributed by atoms with Crippen LogP contribution in [0.5, 0.6) is 0 Å². The monoisotopic (exact) mass is 273 g/mol. The Labute approximate surface area is 118 Å². The molecule has 1 aliphatic heterocycles. The molecule has 1 unspecified atom stereocenters. The molecule has 0 amide bonds. The minimum atomic E-state index is 0.473. The topological polar surface area (TPSA) is 64.9 Å². The average molecular weight is 273 g/mol. The summed E-state index contributed by atoms with van der Waals surface area (Å²) >= 11 is 0. The number of rotatable bonds is 3. The van der Waals surface area contributed by atoms with Gasteiger partial charge in [0.25, 0.3) is 0 Å². The molecule has 20 heavy (non-hydrogen) atoms. The normalized spacial score (nSPS) is 19.6. The maximum atomic E-state index is 5.50. The van der Waals surface area contributed by atoms with Gasteiger partial charge in [-0.15, -0.1) is 5.10 Å². The molecular weight excluding hydrogens is 254 g/mol. The Balaban J connectivity index is 1.79. The van der Waals surface area contributed by atoms with Crippen molar-refractivity contribution in [3.63, 3.8) is 0 Å². The minimum Gasteiger partial charge on any atom is -0.382 e. The Morgan fingerprint density at radius 1 is 1.30 bits per heavy atom. The lowest BCUT2D eigenvalue weighted by Crippen LogP contribution is -2.20. The van der Waals surface area contributed by atoms with Gasteiger partial charge in [0.2, 0.25) is 0 Å². The Morgan fingerprint density at radius 3 is 3.10 bits per heavy atom. The number of tetrazole rings is 1. The van der Waals surface area contributed by atoms with Crippen LogP contribution in [0.4, 0.5) is 5.69 Å². The van der Waals surface area contributed by atoms with Gasteiger partial charge >= 0.3 is 0 Å². The van der Waals surface area contributed by atoms with Crippen molar-refractivity contribution in [3.8, 4) is 5.69 Å². The van der Waals surface area contributed by atoms with Crippen LogP contribution in [0, 0.1) is 6.92 Å². The summed E-state index contributed by atoms with van der Waals surface area (Å²) in [4.78, 5) is 0. The molecule has 1 atom stereocenters. The maximum absolute atomic E-state index is 5.50. The first-order valence-electron chi connectivity index (χ1n) is 7.01. The van der Waals surface area contributed by atoms with E-state index in [-0.39, 0.29) is 0 Å². The molecule has 6 nitrogen and oxygen atoms in total. The van der Waals surface area contributed by atoms with Gasteiger partial charge in [0, 0.05) is 24.9 Å². The number of benzene rings is 1. The number of nitrogens with zero attached hydrogens (tertiary/aromatic N) is 4. The van der Waals surface area contributed by atoms with Gasteiger partial charge in [0.05, 0.1) is 5.69 Å². The molecule has 2 heterocycles. The Morgan fingerprint density at radius 2 is 2.25 bits per heavy atom. The Hall–Kier alpha value is -1.95. The summed E-state index contributed by atoms with van der Waals surface area (Å²) in [7, 11) is 0. The minimum absolute atomic E-state index is 0.473. The third kappa shape index (κ3) is 2.96. The van der Waals surface area contributed by atoms with E-state index >= 15 is 0 Å². The number of aromatic nitrogens is 4. The smallest absolute Gasteiger partial charge is 0.143 e. The zero-order valence-corrected chi connectivity index (χ0v) is 11.6. The van der Waals surface area contributed by atoms with Crippen molar-refractivity contribution in [3.05, 3.63) is 30.1 Å². The van der Waals surface area contributed by atoms with E-state index in [4.69, 9.17) is 4.74 Å². The van der Waals surface area contributed by atoms with Crippen LogP contribution in [0.2, 0.25) is 0 Å². The summed E-state index contributed by atoms with van der Waals surface area (Å²) in [5.74, 6) is 0. The lowest BCUT2D eigenvalue weighted by Gasteiger charge is -2.19. The largest absolute Gasteiger partial charge is 0.382 e. The van der Waals surface area contributed by atoms with E-state index in [1.54, 1.807) is 11.0 Å². The van der Waals surface area contributed by atoms with Crippen LogP contribution in [0.1, 0.15) is 24.8 Å². The van der Waals surface area contributed by atoms with Gasteiger partial charge < -0.3 is 10.1 Å². The zero-order chi connectivity index (χ0) is 13.8. The third-order valence-corrected chi connectivity index (χ3v) is 3.65. The lowest BCUT2D eigenvalue weighted by molar-refractivity contribution is 0.144. The fraction of sp³-hybridized carbons (Fsp3) is 0.500. The van der Waals surface area contributed by atoms with Crippen molar-refractivity contribution in [2.24, 2.45) is 0 Å². The Bertz CT molecular complexity index is 547. The van der Waals surface area contributed by atoms with Crippen LogP contribution < -0.4 is 5.32 Å². The molecule has 0 aliphatic carbocycles. The predicted molar refractivity (Wildman–Crippen MR) is 76.0 cm³/mol. The fourth-order valence-electron chi connectivity index (χ4n) is 2.46. The highest BCUT2D eigenvalue weighted by molar-refractivity contribution is 5.57. The van der Waals surface area contributed by atoms with E-state index in [9.17, 15) is 0 Å². The number of aryl methyl sites for hydroxylation is 1. The lowest BCUT2D eigenvalue weighted by atomic mass is 10.1. The van der Waals surface area contributed by atoms with Gasteiger partial charge in [0.15, 0.2) is 0 Å². The van der Waals surface area contributed by atoms with E-state index in [1.165, 1.54) is 5.56 Å². The van der Waals surface area contributed by atoms with Gasteiger partial charge in [-0.3, -0.25) is 0 Å². The summed E-state index contributed by atoms with van der Waals surface area (Å²) in [5.41, 5.74) is 3.34. The highest BCUT2D eigenvalue weighted by Gasteiger charge is 2.13. The van der Waals surface area contributed by atoms with Gasteiger partial charge in [0.1, 0.15) is 6.33 Å². The van der Waals surface area contributed by atoms with E-state index in [0.29, 0.717) is 6.04 Å². The molecule has 106 valence electrons. The average Bonchev–Trinajstić information content (AvgIpc) is 2.87. The number of ether oxygens (including phenoxy) is 1. The molecule has 1 aliphatic rings. The SMILES string of the molecule is Cc1ccc(-n2cnnn2)cc1NC1CCCOCC1. The molecule has 6 heteroatoms. The first-order valence-corrected chi connectivity index (χ1v) is 7.01. The first kappa shape index (κ1) is 13.1. The van der Waals surface area contributed by atoms with E-state index in [1.807, 2.05) is 6.07 Å². The third-order valence-electron chi connectivity index (χ3n) is 3.65. The van der Waals surface area contributed by atoms with E-state index < -0.39 is 0 Å². The molecule has 1 aromatic carbocycles. The summed E-state index contributed by atoms with van der Waals surface area (Å²) < 4.78 is 7.17. The number of hydrogen-bond acceptors (Lipinski definition) is 5. The summed E-state index contributed by atoms with van der Waals surface area (Å²) in [6.45, 7) is 3.82. The second-order valence-corrected chi connectivity index (χ2v) is 5.14. The molecule has 3 rings (SSSR count). The van der Waals surface area contributed by atoms with Crippen molar-refractivity contribution in [1.82, 2.24) is 20.2 Å². The second kappa shape index (κ2) is 6.00. The molecule has 0 radical (unpaired) electrons. The van der Waals surface area contributed by atoms with Crippen LogP contribution in [-0.2, 0) is 4.74 Å². The molecule has 2 aromatic rings. The molecular formula is C14H19N5O. The van der Waals surface area contributed by atoms with Gasteiger partial charge in [-0.25, -0.2) is 4.68 Å². The highest BCUT2D eigenvalue weighted by Crippen LogP contribution is 2.22. The van der Waals surface area contributed by atoms with Gasteiger partial charge in [-0.2, -0.15) is 0 Å². The maximum Gasteiger partial charge on any atom is 0.143 e. The molecule has 1 N–H and O–H groups in total. The fourth-order valence-corrected chi connectivity index (χ4v) is 2.46. The van der Waals surface area contributed by atoms with Crippen molar-refractivity contribution < 1.29 is 4.74 Å². The second-order valence-electron chi connectivity index (χ2n) is 5.14. The predicted octanol–water partition coefficient (Wildman–Crippen LogP) is 1.95. The van der Waals surface area contributed by atoms with Crippen LogP contribution in [0.25, 0.3) is 5.69 Å². The standard InChI is InChI=1S/C14H19N5O/c1-11-4-5-13(19-10-15-17-18-19)9-14(11)16-12-3-2-7-20-8-6-12/h4-5,9-10,12,16H,2-3,6-8H2,1H3. The zero-order valence-electron chi connectivity index (χ0n) is 11.6. The van der Waals surface area contributed by atoms with E-state index in [0.717, 1.165) is 43.9 Å². The van der Waals surface area contributed by atoms with Crippen molar-refractivity contribution in [2.75, 3.05) is 18.5 Å². The summed E-state index contributed by atoms with van der Waals surface area (Å²) in [6.07, 6.45) is 4.92. The van der Waals surface area contributed by atoms with Crippen molar-refractivity contribution in [1.29, 1.82) is 0 Å². The number of anilines is 1. The summed E-state index contributed by atoms with van der Waals surface area (Å²) in [5, 5.41) is 14.9. The summed E-state index contributed by atoms with van der Waals surface area (Å²) in [6, 6.07) is 6.68. The van der Waals surface area contributed by atoms with Crippen LogP contribution in [0.15, 0.2) is 24.5 Å². The van der Waals surface area contributed by atoms with Crippen molar-refractivity contribution in [2.45, 2.75) is 32.2 Å².